The highest BCUT2D eigenvalue weighted by molar-refractivity contribution is 6.33. The van der Waals surface area contributed by atoms with Crippen molar-refractivity contribution < 1.29 is 9.13 Å². The molecule has 2 aromatic carbocycles. The van der Waals surface area contributed by atoms with Gasteiger partial charge in [-0.15, -0.1) is 0 Å². The Kier molecular flexibility index (Phi) is 4.40. The van der Waals surface area contributed by atoms with Crippen LogP contribution in [0.2, 0.25) is 5.02 Å². The quantitative estimate of drug-likeness (QED) is 0.917. The van der Waals surface area contributed by atoms with Crippen LogP contribution in [0.15, 0.2) is 36.4 Å². The molecule has 0 aliphatic heterocycles. The molecule has 0 aliphatic carbocycles. The standard InChI is InChI=1S/C15H15ClFNO/c1-18-9-10-7-12(19-2)4-6-13(10)14-5-3-11(17)8-15(14)16/h3-8,18H,9H2,1-2H3. The molecule has 0 spiro atoms. The minimum absolute atomic E-state index is 0.336. The molecule has 4 heteroatoms. The molecule has 0 fully saturated rings. The van der Waals surface area contributed by atoms with E-state index in [4.69, 9.17) is 16.3 Å². The summed E-state index contributed by atoms with van der Waals surface area (Å²) in [5, 5.41) is 3.51. The van der Waals surface area contributed by atoms with Crippen LogP contribution in [-0.4, -0.2) is 14.2 Å². The van der Waals surface area contributed by atoms with Crippen molar-refractivity contribution in [3.8, 4) is 16.9 Å². The van der Waals surface area contributed by atoms with Crippen molar-refractivity contribution in [2.75, 3.05) is 14.2 Å². The normalized spacial score (nSPS) is 10.5. The molecule has 100 valence electrons. The first-order chi connectivity index (χ1) is 9.15. The monoisotopic (exact) mass is 279 g/mol. The maximum absolute atomic E-state index is 13.1. The highest BCUT2D eigenvalue weighted by Gasteiger charge is 2.10. The number of halogens is 2. The lowest BCUT2D eigenvalue weighted by atomic mass is 9.99. The molecule has 0 radical (unpaired) electrons. The van der Waals surface area contributed by atoms with E-state index in [1.807, 2.05) is 25.2 Å². The van der Waals surface area contributed by atoms with Gasteiger partial charge in [0.2, 0.25) is 0 Å². The van der Waals surface area contributed by atoms with E-state index < -0.39 is 0 Å². The Balaban J connectivity index is 2.54. The van der Waals surface area contributed by atoms with E-state index in [9.17, 15) is 4.39 Å². The fraction of sp³-hybridized carbons (Fsp3) is 0.200. The second kappa shape index (κ2) is 6.04. The molecule has 2 rings (SSSR count). The van der Waals surface area contributed by atoms with Gasteiger partial charge in [-0.1, -0.05) is 17.7 Å². The van der Waals surface area contributed by atoms with Crippen LogP contribution in [0.1, 0.15) is 5.56 Å². The second-order valence-corrected chi connectivity index (χ2v) is 4.58. The summed E-state index contributed by atoms with van der Waals surface area (Å²) in [7, 11) is 3.50. The number of nitrogens with one attached hydrogen (secondary N) is 1. The highest BCUT2D eigenvalue weighted by Crippen LogP contribution is 2.33. The molecule has 19 heavy (non-hydrogen) atoms. The first-order valence-electron chi connectivity index (χ1n) is 5.92. The van der Waals surface area contributed by atoms with Gasteiger partial charge in [-0.3, -0.25) is 0 Å². The summed E-state index contributed by atoms with van der Waals surface area (Å²) in [5.74, 6) is 0.449. The third-order valence-corrected chi connectivity index (χ3v) is 3.21. The maximum Gasteiger partial charge on any atom is 0.124 e. The Morgan fingerprint density at radius 1 is 1.16 bits per heavy atom. The molecule has 2 aromatic rings. The molecule has 0 amide bonds. The Morgan fingerprint density at radius 3 is 2.53 bits per heavy atom. The van der Waals surface area contributed by atoms with E-state index >= 15 is 0 Å². The van der Waals surface area contributed by atoms with E-state index in [-0.39, 0.29) is 5.82 Å². The number of methoxy groups -OCH3 is 1. The molecule has 0 saturated heterocycles. The molecule has 0 bridgehead atoms. The minimum Gasteiger partial charge on any atom is -0.497 e. The Bertz CT molecular complexity index is 586. The van der Waals surface area contributed by atoms with Crippen molar-refractivity contribution >= 4 is 11.6 Å². The van der Waals surface area contributed by atoms with Crippen molar-refractivity contribution in [3.63, 3.8) is 0 Å². The van der Waals surface area contributed by atoms with Gasteiger partial charge in [-0.25, -0.2) is 4.39 Å². The molecule has 2 nitrogen and oxygen atoms in total. The van der Waals surface area contributed by atoms with Gasteiger partial charge in [0.25, 0.3) is 0 Å². The summed E-state index contributed by atoms with van der Waals surface area (Å²) in [6.07, 6.45) is 0. The summed E-state index contributed by atoms with van der Waals surface area (Å²) >= 11 is 6.12. The summed E-state index contributed by atoms with van der Waals surface area (Å²) in [6.45, 7) is 0.681. The van der Waals surface area contributed by atoms with Gasteiger partial charge in [0.1, 0.15) is 11.6 Å². The highest BCUT2D eigenvalue weighted by atomic mass is 35.5. The molecule has 0 heterocycles. The molecule has 0 aromatic heterocycles. The number of hydrogen-bond acceptors (Lipinski definition) is 2. The van der Waals surface area contributed by atoms with Crippen LogP contribution >= 0.6 is 11.6 Å². The van der Waals surface area contributed by atoms with Crippen LogP contribution in [0, 0.1) is 5.82 Å². The van der Waals surface area contributed by atoms with Gasteiger partial charge in [-0.2, -0.15) is 0 Å². The molecule has 1 N–H and O–H groups in total. The number of rotatable bonds is 4. The van der Waals surface area contributed by atoms with Crippen LogP contribution < -0.4 is 10.1 Å². The van der Waals surface area contributed by atoms with E-state index in [1.54, 1.807) is 13.2 Å². The lowest BCUT2D eigenvalue weighted by molar-refractivity contribution is 0.414. The summed E-state index contributed by atoms with van der Waals surface area (Å²) in [5.41, 5.74) is 2.84. The Morgan fingerprint density at radius 2 is 1.89 bits per heavy atom. The third-order valence-electron chi connectivity index (χ3n) is 2.90. The zero-order valence-electron chi connectivity index (χ0n) is 10.8. The van der Waals surface area contributed by atoms with Crippen molar-refractivity contribution in [2.45, 2.75) is 6.54 Å². The van der Waals surface area contributed by atoms with Crippen LogP contribution in [0.4, 0.5) is 4.39 Å². The maximum atomic E-state index is 13.1. The first-order valence-corrected chi connectivity index (χ1v) is 6.30. The average Bonchev–Trinajstić information content (AvgIpc) is 2.40. The lowest BCUT2D eigenvalue weighted by Gasteiger charge is -2.13. The molecular formula is C15H15ClFNO. The summed E-state index contributed by atoms with van der Waals surface area (Å²) in [4.78, 5) is 0. The molecule has 0 unspecified atom stereocenters. The average molecular weight is 280 g/mol. The number of ether oxygens (including phenoxy) is 1. The minimum atomic E-state index is -0.336. The van der Waals surface area contributed by atoms with Crippen molar-refractivity contribution in [1.29, 1.82) is 0 Å². The number of hydrogen-bond donors (Lipinski definition) is 1. The van der Waals surface area contributed by atoms with Gasteiger partial charge in [0.15, 0.2) is 0 Å². The van der Waals surface area contributed by atoms with Gasteiger partial charge < -0.3 is 10.1 Å². The van der Waals surface area contributed by atoms with Crippen LogP contribution in [0.3, 0.4) is 0 Å². The van der Waals surface area contributed by atoms with E-state index in [2.05, 4.69) is 5.32 Å². The predicted octanol–water partition coefficient (Wildman–Crippen LogP) is 3.87. The number of benzene rings is 2. The Hall–Kier alpha value is -1.58. The zero-order valence-corrected chi connectivity index (χ0v) is 11.6. The van der Waals surface area contributed by atoms with Gasteiger partial charge in [-0.05, 0) is 48.5 Å². The first kappa shape index (κ1) is 13.8. The van der Waals surface area contributed by atoms with E-state index in [0.29, 0.717) is 11.6 Å². The zero-order chi connectivity index (χ0) is 13.8. The third kappa shape index (κ3) is 3.06. The van der Waals surface area contributed by atoms with E-state index in [1.165, 1.54) is 12.1 Å². The molecular weight excluding hydrogens is 265 g/mol. The molecule has 0 saturated carbocycles. The van der Waals surface area contributed by atoms with Crippen molar-refractivity contribution in [2.24, 2.45) is 0 Å². The largest absolute Gasteiger partial charge is 0.497 e. The van der Waals surface area contributed by atoms with E-state index in [0.717, 1.165) is 22.4 Å². The van der Waals surface area contributed by atoms with Gasteiger partial charge >= 0.3 is 0 Å². The summed E-state index contributed by atoms with van der Waals surface area (Å²) < 4.78 is 18.3. The van der Waals surface area contributed by atoms with Crippen molar-refractivity contribution in [1.82, 2.24) is 5.32 Å². The summed E-state index contributed by atoms with van der Waals surface area (Å²) in [6, 6.07) is 10.2. The van der Waals surface area contributed by atoms with Crippen LogP contribution in [-0.2, 0) is 6.54 Å². The predicted molar refractivity (Wildman–Crippen MR) is 76.2 cm³/mol. The van der Waals surface area contributed by atoms with Crippen LogP contribution in [0.25, 0.3) is 11.1 Å². The van der Waals surface area contributed by atoms with Crippen LogP contribution in [0.5, 0.6) is 5.75 Å². The SMILES string of the molecule is CNCc1cc(OC)ccc1-c1ccc(F)cc1Cl. The van der Waals surface area contributed by atoms with Crippen molar-refractivity contribution in [3.05, 3.63) is 52.8 Å². The topological polar surface area (TPSA) is 21.3 Å². The molecule has 0 atom stereocenters. The second-order valence-electron chi connectivity index (χ2n) is 4.18. The smallest absolute Gasteiger partial charge is 0.124 e. The van der Waals surface area contributed by atoms with Gasteiger partial charge in [0, 0.05) is 12.1 Å². The fourth-order valence-electron chi connectivity index (χ4n) is 2.00. The lowest BCUT2D eigenvalue weighted by Crippen LogP contribution is -2.06. The fourth-order valence-corrected chi connectivity index (χ4v) is 2.27. The Labute approximate surface area is 117 Å². The molecule has 0 aliphatic rings. The van der Waals surface area contributed by atoms with Gasteiger partial charge in [0.05, 0.1) is 12.1 Å².